The van der Waals surface area contributed by atoms with Crippen LogP contribution in [0.1, 0.15) is 28.6 Å². The number of aliphatic carboxylic acids is 1. The Morgan fingerprint density at radius 2 is 1.96 bits per heavy atom. The van der Waals surface area contributed by atoms with E-state index in [1.807, 2.05) is 39.9 Å². The van der Waals surface area contributed by atoms with Gasteiger partial charge in [-0.15, -0.1) is 22.7 Å². The SMILES string of the molecule is COC(=O)C1=C(CN2CCN3C(=O)N(c4nc(-c5ccc(CCC(=O)O)cc5)cs4)CC3C2)NC(c2nccs2)=NC1c1ccc(F)cc1Cl. The number of nitrogens with zero attached hydrogens (tertiary/aromatic N) is 6. The lowest BCUT2D eigenvalue weighted by Crippen LogP contribution is -2.53. The third kappa shape index (κ3) is 6.86. The van der Waals surface area contributed by atoms with Crippen LogP contribution in [0.2, 0.25) is 5.02 Å². The summed E-state index contributed by atoms with van der Waals surface area (Å²) in [6.07, 6.45) is 2.19. The molecule has 258 valence electrons. The Kier molecular flexibility index (Phi) is 9.64. The highest BCUT2D eigenvalue weighted by Crippen LogP contribution is 2.38. The molecule has 3 aliphatic heterocycles. The normalized spacial score (nSPS) is 19.3. The Balaban J connectivity index is 1.10. The van der Waals surface area contributed by atoms with Crippen LogP contribution >= 0.6 is 34.3 Å². The predicted octanol–water partition coefficient (Wildman–Crippen LogP) is 5.22. The van der Waals surface area contributed by atoms with Gasteiger partial charge in [-0.3, -0.25) is 19.6 Å². The van der Waals surface area contributed by atoms with Crippen LogP contribution in [0.4, 0.5) is 14.3 Å². The zero-order valence-corrected chi connectivity index (χ0v) is 29.1. The van der Waals surface area contributed by atoms with E-state index in [-0.39, 0.29) is 29.1 Å². The number of esters is 1. The van der Waals surface area contributed by atoms with Gasteiger partial charge in [0.2, 0.25) is 0 Å². The molecular weight excluding hydrogens is 705 g/mol. The number of piperazine rings is 1. The number of aliphatic imine (C=N–C) groups is 1. The lowest BCUT2D eigenvalue weighted by atomic mass is 9.95. The molecule has 2 N–H and O–H groups in total. The van der Waals surface area contributed by atoms with Crippen molar-refractivity contribution in [1.29, 1.82) is 0 Å². The van der Waals surface area contributed by atoms with Crippen LogP contribution in [-0.4, -0.2) is 94.6 Å². The van der Waals surface area contributed by atoms with Crippen molar-refractivity contribution in [3.05, 3.63) is 97.7 Å². The maximum absolute atomic E-state index is 14.0. The molecule has 0 saturated carbocycles. The van der Waals surface area contributed by atoms with Crippen molar-refractivity contribution >= 4 is 63.2 Å². The molecule has 16 heteroatoms. The van der Waals surface area contributed by atoms with E-state index in [4.69, 9.17) is 31.4 Å². The van der Waals surface area contributed by atoms with E-state index < -0.39 is 23.8 Å². The molecule has 2 aromatic carbocycles. The van der Waals surface area contributed by atoms with E-state index in [1.165, 1.54) is 48.0 Å². The summed E-state index contributed by atoms with van der Waals surface area (Å²) in [6.45, 7) is 2.36. The number of carbonyl (C=O) groups excluding carboxylic acids is 2. The second kappa shape index (κ2) is 14.3. The maximum Gasteiger partial charge on any atom is 0.338 e. The first-order valence-electron chi connectivity index (χ1n) is 15.8. The molecule has 2 unspecified atom stereocenters. The Morgan fingerprint density at radius 3 is 2.68 bits per heavy atom. The Bertz CT molecular complexity index is 2000. The molecule has 0 aliphatic carbocycles. The fourth-order valence-corrected chi connectivity index (χ4v) is 8.08. The highest BCUT2D eigenvalue weighted by atomic mass is 35.5. The predicted molar refractivity (Wildman–Crippen MR) is 188 cm³/mol. The van der Waals surface area contributed by atoms with Crippen molar-refractivity contribution in [2.45, 2.75) is 24.9 Å². The molecule has 2 atom stereocenters. The summed E-state index contributed by atoms with van der Waals surface area (Å²) in [4.78, 5) is 57.6. The molecule has 2 saturated heterocycles. The van der Waals surface area contributed by atoms with Crippen LogP contribution in [0, 0.1) is 5.82 Å². The van der Waals surface area contributed by atoms with Crippen LogP contribution in [0.25, 0.3) is 11.3 Å². The number of carbonyl (C=O) groups is 3. The smallest absolute Gasteiger partial charge is 0.338 e. The molecule has 0 bridgehead atoms. The van der Waals surface area contributed by atoms with Crippen molar-refractivity contribution in [3.8, 4) is 11.3 Å². The van der Waals surface area contributed by atoms with E-state index in [1.54, 1.807) is 11.1 Å². The van der Waals surface area contributed by atoms with Gasteiger partial charge in [-0.1, -0.05) is 41.9 Å². The Morgan fingerprint density at radius 1 is 1.14 bits per heavy atom. The highest BCUT2D eigenvalue weighted by Gasteiger charge is 2.43. The van der Waals surface area contributed by atoms with Gasteiger partial charge in [0.1, 0.15) is 11.9 Å². The number of thiazole rings is 2. The van der Waals surface area contributed by atoms with E-state index in [9.17, 15) is 18.8 Å². The summed E-state index contributed by atoms with van der Waals surface area (Å²) in [5.74, 6) is -1.47. The molecule has 0 radical (unpaired) electrons. The number of benzene rings is 2. The van der Waals surface area contributed by atoms with Crippen molar-refractivity contribution in [2.24, 2.45) is 4.99 Å². The number of halogens is 2. The molecule has 12 nitrogen and oxygen atoms in total. The average Bonchev–Trinajstić information content (AvgIpc) is 3.88. The van der Waals surface area contributed by atoms with Gasteiger partial charge >= 0.3 is 18.0 Å². The number of fused-ring (bicyclic) bond motifs is 1. The number of ether oxygens (including phenoxy) is 1. The highest BCUT2D eigenvalue weighted by molar-refractivity contribution is 7.14. The summed E-state index contributed by atoms with van der Waals surface area (Å²) in [5, 5.41) is 17.4. The number of aromatic nitrogens is 2. The van der Waals surface area contributed by atoms with E-state index in [2.05, 4.69) is 15.2 Å². The zero-order valence-electron chi connectivity index (χ0n) is 26.7. The van der Waals surface area contributed by atoms with Crippen LogP contribution in [0.5, 0.6) is 0 Å². The molecular formula is C34H31ClFN7O5S2. The quantitative estimate of drug-likeness (QED) is 0.210. The van der Waals surface area contributed by atoms with E-state index >= 15 is 0 Å². The number of nitrogens with one attached hydrogen (secondary N) is 1. The minimum atomic E-state index is -0.865. The van der Waals surface area contributed by atoms with Gasteiger partial charge in [0.05, 0.1) is 31.0 Å². The number of carboxylic acid groups (broad SMARTS) is 1. The van der Waals surface area contributed by atoms with E-state index in [0.717, 1.165) is 16.8 Å². The van der Waals surface area contributed by atoms with Crippen molar-refractivity contribution in [2.75, 3.05) is 44.7 Å². The van der Waals surface area contributed by atoms with Crippen LogP contribution in [0.15, 0.2) is 75.7 Å². The average molecular weight is 736 g/mol. The van der Waals surface area contributed by atoms with Crippen LogP contribution < -0.4 is 10.2 Å². The Labute approximate surface area is 299 Å². The third-order valence-electron chi connectivity index (χ3n) is 8.84. The molecule has 2 fully saturated rings. The first kappa shape index (κ1) is 33.8. The Hall–Kier alpha value is -4.70. The number of methoxy groups -OCH3 is 1. The van der Waals surface area contributed by atoms with Crippen molar-refractivity contribution < 1.29 is 28.6 Å². The van der Waals surface area contributed by atoms with Crippen LogP contribution in [0.3, 0.4) is 0 Å². The van der Waals surface area contributed by atoms with Gasteiger partial charge in [0.15, 0.2) is 16.0 Å². The van der Waals surface area contributed by atoms with Gasteiger partial charge in [0.25, 0.3) is 0 Å². The standard InChI is InChI=1S/C34H31ClFN7O5S2/c1-48-32(46)28-25(38-30(31-37-10-13-49-31)40-29(28)23-8-7-21(36)14-24(23)35)17-41-11-12-42-22(15-41)16-43(34(42)47)33-39-26(18-50-33)20-5-2-19(3-6-20)4-9-27(44)45/h2-3,5-8,10,13-14,18,22,29H,4,9,11-12,15-17H2,1H3,(H,38,40)(H,44,45). The lowest BCUT2D eigenvalue weighted by molar-refractivity contribution is -0.137. The second-order valence-electron chi connectivity index (χ2n) is 12.0. The van der Waals surface area contributed by atoms with E-state index in [0.29, 0.717) is 66.4 Å². The number of amidine groups is 1. The number of amides is 2. The molecule has 4 aromatic rings. The number of urea groups is 1. The van der Waals surface area contributed by atoms with Gasteiger partial charge < -0.3 is 20.1 Å². The summed E-state index contributed by atoms with van der Waals surface area (Å²) >= 11 is 9.28. The maximum atomic E-state index is 14.0. The molecule has 5 heterocycles. The van der Waals surface area contributed by atoms with Gasteiger partial charge in [-0.05, 0) is 24.1 Å². The number of hydrogen-bond acceptors (Lipinski definition) is 11. The third-order valence-corrected chi connectivity index (χ3v) is 10.8. The number of carboxylic acids is 1. The number of hydrogen-bond donors (Lipinski definition) is 2. The zero-order chi connectivity index (χ0) is 34.9. The first-order chi connectivity index (χ1) is 24.2. The number of aryl methyl sites for hydroxylation is 1. The van der Waals surface area contributed by atoms with Gasteiger partial charge in [0, 0.05) is 71.4 Å². The number of rotatable bonds is 10. The second-order valence-corrected chi connectivity index (χ2v) is 14.1. The largest absolute Gasteiger partial charge is 0.481 e. The first-order valence-corrected chi connectivity index (χ1v) is 17.9. The van der Waals surface area contributed by atoms with Gasteiger partial charge in [-0.25, -0.2) is 23.9 Å². The minimum Gasteiger partial charge on any atom is -0.481 e. The molecule has 2 aromatic heterocycles. The summed E-state index contributed by atoms with van der Waals surface area (Å²) in [5.41, 5.74) is 3.85. The molecule has 0 spiro atoms. The number of anilines is 1. The van der Waals surface area contributed by atoms with Crippen molar-refractivity contribution in [3.63, 3.8) is 0 Å². The lowest BCUT2D eigenvalue weighted by Gasteiger charge is -2.38. The molecule has 7 rings (SSSR count). The molecule has 50 heavy (non-hydrogen) atoms. The minimum absolute atomic E-state index is 0.0697. The van der Waals surface area contributed by atoms with Crippen LogP contribution in [-0.2, 0) is 20.7 Å². The molecule has 3 aliphatic rings. The fourth-order valence-electron chi connectivity index (χ4n) is 6.38. The van der Waals surface area contributed by atoms with Crippen molar-refractivity contribution in [1.82, 2.24) is 25.1 Å². The fraction of sp³-hybridized carbons (Fsp3) is 0.294. The summed E-state index contributed by atoms with van der Waals surface area (Å²) < 4.78 is 19.2. The topological polar surface area (TPSA) is 141 Å². The summed E-state index contributed by atoms with van der Waals surface area (Å²) in [6, 6.07) is 10.6. The monoisotopic (exact) mass is 735 g/mol. The summed E-state index contributed by atoms with van der Waals surface area (Å²) in [7, 11) is 1.30. The molecule has 2 amide bonds. The van der Waals surface area contributed by atoms with Gasteiger partial charge in [-0.2, -0.15) is 0 Å².